The Morgan fingerprint density at radius 2 is 1.86 bits per heavy atom. The van der Waals surface area contributed by atoms with Crippen LogP contribution in [0.25, 0.3) is 0 Å². The van der Waals surface area contributed by atoms with Gasteiger partial charge in [-0.05, 0) is 74.6 Å². The van der Waals surface area contributed by atoms with Crippen molar-refractivity contribution < 1.29 is 14.0 Å². The Labute approximate surface area is 221 Å². The molecular formula is C26H32Cl2FN5O2. The molecule has 0 spiro atoms. The smallest absolute Gasteiger partial charge is 0.362 e. The molecule has 3 heterocycles. The van der Waals surface area contributed by atoms with Crippen LogP contribution < -0.4 is 10.2 Å². The molecule has 3 fully saturated rings. The van der Waals surface area contributed by atoms with E-state index in [9.17, 15) is 4.39 Å². The Bertz CT molecular complexity index is 1090. The summed E-state index contributed by atoms with van der Waals surface area (Å²) in [7, 11) is 0. The quantitative estimate of drug-likeness (QED) is 0.526. The molecule has 0 bridgehead atoms. The molecule has 2 atom stereocenters. The van der Waals surface area contributed by atoms with Crippen LogP contribution in [0.5, 0.6) is 0 Å². The number of piperidine rings is 1. The summed E-state index contributed by atoms with van der Waals surface area (Å²) in [6.45, 7) is 8.84. The van der Waals surface area contributed by atoms with E-state index in [1.807, 2.05) is 6.92 Å². The van der Waals surface area contributed by atoms with Crippen molar-refractivity contribution in [2.45, 2.75) is 51.6 Å². The fraction of sp³-hybridized carbons (Fsp3) is 0.577. The van der Waals surface area contributed by atoms with E-state index in [-0.39, 0.29) is 18.0 Å². The molecule has 3 aliphatic rings. The van der Waals surface area contributed by atoms with Gasteiger partial charge >= 0.3 is 6.15 Å². The summed E-state index contributed by atoms with van der Waals surface area (Å²) in [5, 5.41) is 4.15. The van der Waals surface area contributed by atoms with Crippen molar-refractivity contribution in [2.75, 3.05) is 36.4 Å². The van der Waals surface area contributed by atoms with Crippen molar-refractivity contribution in [2.24, 2.45) is 17.8 Å². The molecule has 194 valence electrons. The second kappa shape index (κ2) is 11.9. The maximum Gasteiger partial charge on any atom is 0.373 e. The molecular weight excluding hydrogens is 504 g/mol. The van der Waals surface area contributed by atoms with Crippen LogP contribution in [0.1, 0.15) is 51.1 Å². The first-order valence-electron chi connectivity index (χ1n) is 12.5. The van der Waals surface area contributed by atoms with E-state index in [1.165, 1.54) is 50.9 Å². The monoisotopic (exact) mass is 535 g/mol. The Kier molecular flexibility index (Phi) is 8.83. The standard InChI is InChI=1S/C25H32Cl2FN5.CO2/c1-15-8-20(9-15)32-7-3-4-17(12-32)18-13-33(14-18)25-29-11-23(27)24(31-25)30-16(2)21-6-5-19(28)10-22(21)26;2-1-3/h5-6,10-11,15-18,20H,3-4,7-9,12-14H2,1-2H3,(H,29,30,31);/t15?,16-,17+,20?;/m1./s1. The van der Waals surface area contributed by atoms with Crippen LogP contribution >= 0.6 is 23.2 Å². The molecule has 0 unspecified atom stereocenters. The number of halogens is 3. The number of rotatable bonds is 6. The van der Waals surface area contributed by atoms with Gasteiger partial charge in [-0.3, -0.25) is 0 Å². The molecule has 10 heteroatoms. The first-order valence-corrected chi connectivity index (χ1v) is 13.3. The fourth-order valence-electron chi connectivity index (χ4n) is 5.64. The maximum absolute atomic E-state index is 13.4. The van der Waals surface area contributed by atoms with E-state index in [1.54, 1.807) is 12.3 Å². The minimum absolute atomic E-state index is 0.176. The minimum Gasteiger partial charge on any atom is -0.362 e. The summed E-state index contributed by atoms with van der Waals surface area (Å²) in [5.74, 6) is 3.31. The number of nitrogens with one attached hydrogen (secondary N) is 1. The number of benzene rings is 1. The lowest BCUT2D eigenvalue weighted by Crippen LogP contribution is -2.56. The molecule has 2 aliphatic heterocycles. The Morgan fingerprint density at radius 1 is 1.14 bits per heavy atom. The van der Waals surface area contributed by atoms with Gasteiger partial charge in [0.1, 0.15) is 10.8 Å². The SMILES string of the molecule is CC1CC(N2CCC[C@H](C3CN(c4ncc(Cl)c(N[C@H](C)c5ccc(F)cc5Cl)n4)C3)C2)C1.O=C=O. The van der Waals surface area contributed by atoms with E-state index >= 15 is 0 Å². The van der Waals surface area contributed by atoms with Gasteiger partial charge in [0, 0.05) is 30.7 Å². The summed E-state index contributed by atoms with van der Waals surface area (Å²) in [5.41, 5.74) is 0.793. The molecule has 0 radical (unpaired) electrons. The highest BCUT2D eigenvalue weighted by Gasteiger charge is 2.40. The lowest BCUT2D eigenvalue weighted by Gasteiger charge is -2.50. The third kappa shape index (κ3) is 6.17. The molecule has 5 rings (SSSR count). The summed E-state index contributed by atoms with van der Waals surface area (Å²) < 4.78 is 13.4. The van der Waals surface area contributed by atoms with Gasteiger partial charge in [0.15, 0.2) is 5.82 Å². The zero-order valence-corrected chi connectivity index (χ0v) is 22.1. The number of nitrogens with zero attached hydrogens (tertiary/aromatic N) is 4. The molecule has 2 saturated heterocycles. The lowest BCUT2D eigenvalue weighted by molar-refractivity contribution is -0.191. The zero-order chi connectivity index (χ0) is 25.8. The Morgan fingerprint density at radius 3 is 2.53 bits per heavy atom. The molecule has 1 aromatic carbocycles. The van der Waals surface area contributed by atoms with Crippen LogP contribution in [-0.4, -0.2) is 53.2 Å². The third-order valence-electron chi connectivity index (χ3n) is 7.73. The van der Waals surface area contributed by atoms with Crippen LogP contribution in [0.2, 0.25) is 10.0 Å². The van der Waals surface area contributed by atoms with Crippen molar-refractivity contribution >= 4 is 41.1 Å². The molecule has 0 amide bonds. The zero-order valence-electron chi connectivity index (χ0n) is 20.6. The van der Waals surface area contributed by atoms with Crippen molar-refractivity contribution in [3.8, 4) is 0 Å². The highest BCUT2D eigenvalue weighted by atomic mass is 35.5. The topological polar surface area (TPSA) is 78.4 Å². The first kappa shape index (κ1) is 26.8. The second-order valence-electron chi connectivity index (χ2n) is 10.3. The normalized spacial score (nSPS) is 25.0. The summed E-state index contributed by atoms with van der Waals surface area (Å²) in [6.07, 6.45) is 7.31. The molecule has 1 N–H and O–H groups in total. The molecule has 2 aromatic rings. The van der Waals surface area contributed by atoms with Gasteiger partial charge in [0.25, 0.3) is 0 Å². The van der Waals surface area contributed by atoms with Crippen molar-refractivity contribution in [1.82, 2.24) is 14.9 Å². The van der Waals surface area contributed by atoms with E-state index in [2.05, 4.69) is 27.0 Å². The van der Waals surface area contributed by atoms with Crippen molar-refractivity contribution in [3.63, 3.8) is 0 Å². The van der Waals surface area contributed by atoms with Crippen molar-refractivity contribution in [3.05, 3.63) is 45.8 Å². The van der Waals surface area contributed by atoms with Gasteiger partial charge in [0.2, 0.25) is 5.95 Å². The number of hydrogen-bond donors (Lipinski definition) is 1. The van der Waals surface area contributed by atoms with Crippen LogP contribution in [0.3, 0.4) is 0 Å². The largest absolute Gasteiger partial charge is 0.373 e. The average molecular weight is 536 g/mol. The van der Waals surface area contributed by atoms with Gasteiger partial charge in [0.05, 0.1) is 12.2 Å². The summed E-state index contributed by atoms with van der Waals surface area (Å²) >= 11 is 12.6. The fourth-order valence-corrected chi connectivity index (χ4v) is 6.11. The number of anilines is 2. The predicted octanol–water partition coefficient (Wildman–Crippen LogP) is 5.46. The summed E-state index contributed by atoms with van der Waals surface area (Å²) in [6, 6.07) is 5.06. The van der Waals surface area contributed by atoms with Crippen LogP contribution in [0.15, 0.2) is 24.4 Å². The number of carbonyl (C=O) groups excluding carboxylic acids is 2. The molecule has 7 nitrogen and oxygen atoms in total. The lowest BCUT2D eigenvalue weighted by atomic mass is 9.76. The third-order valence-corrected chi connectivity index (χ3v) is 8.33. The number of hydrogen-bond acceptors (Lipinski definition) is 7. The van der Waals surface area contributed by atoms with Crippen LogP contribution in [-0.2, 0) is 9.59 Å². The van der Waals surface area contributed by atoms with Gasteiger partial charge in [-0.2, -0.15) is 14.6 Å². The van der Waals surface area contributed by atoms with Gasteiger partial charge in [-0.25, -0.2) is 9.37 Å². The van der Waals surface area contributed by atoms with E-state index in [4.69, 9.17) is 37.8 Å². The highest BCUT2D eigenvalue weighted by molar-refractivity contribution is 6.33. The molecule has 1 aliphatic carbocycles. The average Bonchev–Trinajstić information content (AvgIpc) is 2.79. The van der Waals surface area contributed by atoms with Crippen LogP contribution in [0.4, 0.5) is 16.2 Å². The number of aromatic nitrogens is 2. The van der Waals surface area contributed by atoms with Gasteiger partial charge in [-0.15, -0.1) is 0 Å². The Hall–Kier alpha value is -2.25. The number of likely N-dealkylation sites (tertiary alicyclic amines) is 1. The Balaban J connectivity index is 0.000000967. The van der Waals surface area contributed by atoms with Gasteiger partial charge in [-0.1, -0.05) is 36.2 Å². The van der Waals surface area contributed by atoms with E-state index in [0.717, 1.165) is 36.5 Å². The van der Waals surface area contributed by atoms with E-state index < -0.39 is 0 Å². The maximum atomic E-state index is 13.4. The molecule has 1 aromatic heterocycles. The van der Waals surface area contributed by atoms with E-state index in [0.29, 0.717) is 27.7 Å². The highest BCUT2D eigenvalue weighted by Crippen LogP contribution is 2.38. The molecule has 1 saturated carbocycles. The second-order valence-corrected chi connectivity index (χ2v) is 11.1. The first-order chi connectivity index (χ1) is 17.3. The summed E-state index contributed by atoms with van der Waals surface area (Å²) in [4.78, 5) is 30.4. The van der Waals surface area contributed by atoms with Crippen molar-refractivity contribution in [1.29, 1.82) is 0 Å². The molecule has 36 heavy (non-hydrogen) atoms. The van der Waals surface area contributed by atoms with Crippen LogP contribution in [0, 0.1) is 23.6 Å². The minimum atomic E-state index is -0.353. The predicted molar refractivity (Wildman–Crippen MR) is 138 cm³/mol. The van der Waals surface area contributed by atoms with Gasteiger partial charge < -0.3 is 15.1 Å².